The number of Topliss-reactive ketones (excluding diaryl/α,β-unsaturated/α-hetero) is 1. The van der Waals surface area contributed by atoms with Crippen LogP contribution in [0.3, 0.4) is 0 Å². The molecule has 4 amide bonds. The van der Waals surface area contributed by atoms with Crippen LogP contribution in [0.5, 0.6) is 11.5 Å². The van der Waals surface area contributed by atoms with Crippen molar-refractivity contribution in [3.63, 3.8) is 0 Å². The van der Waals surface area contributed by atoms with E-state index >= 15 is 0 Å². The molecular weight excluding hydrogens is 750 g/mol. The summed E-state index contributed by atoms with van der Waals surface area (Å²) in [5.41, 5.74) is 6.75. The number of hydrogen-bond donors (Lipinski definition) is 6. The van der Waals surface area contributed by atoms with Crippen molar-refractivity contribution in [2.45, 2.75) is 44.4 Å². The standard InChI is InChI=1S/C43H44ClN5O8/c1-25(49(2)36(29-6-7-29)20-46-42(55)30-8-4-27(5-9-30)28-10-13-32(44)14-11-28)31-12-16-38(52)34(19-31)33-17-26(3-15-37(33)51)18-35(48-41(54)22-45-24-50)43(56)47-21-39(53)40-23-57-40/h3-5,8-17,19,24-25,35,40,51-52H,6-7,18,20-23H2,1-2H3,(H,45,50)(H,46,55)(H,47,56)(H,48,54). The Kier molecular flexibility index (Phi) is 12.9. The number of phenols is 2. The third-order valence-corrected chi connectivity index (χ3v) is 10.3. The Morgan fingerprint density at radius 3 is 2.12 bits per heavy atom. The topological polar surface area (TPSA) is 190 Å². The highest BCUT2D eigenvalue weighted by molar-refractivity contribution is 6.30. The molecule has 1 aliphatic carbocycles. The number of likely N-dealkylation sites (N-methyl/N-ethyl adjacent to an activating group) is 1. The van der Waals surface area contributed by atoms with Gasteiger partial charge in [0.15, 0.2) is 5.78 Å². The van der Waals surface area contributed by atoms with E-state index in [0.29, 0.717) is 46.8 Å². The van der Waals surface area contributed by atoms with Gasteiger partial charge in [-0.3, -0.25) is 24.0 Å². The summed E-state index contributed by atoms with van der Waals surface area (Å²) in [6.45, 7) is 1.99. The summed E-state index contributed by atoms with van der Waals surface area (Å²) in [4.78, 5) is 63.9. The first kappa shape index (κ1) is 40.5. The van der Waals surface area contributed by atoms with E-state index in [1.165, 1.54) is 11.6 Å². The lowest BCUT2D eigenvalue weighted by atomic mass is 9.94. The maximum atomic E-state index is 13.2. The molecule has 0 radical (unpaired) electrons. The molecule has 0 spiro atoms. The van der Waals surface area contributed by atoms with Crippen LogP contribution in [0.25, 0.3) is 22.3 Å². The number of nitrogens with one attached hydrogen (secondary N) is 4. The van der Waals surface area contributed by atoms with Crippen LogP contribution in [0.2, 0.25) is 5.02 Å². The lowest BCUT2D eigenvalue weighted by Crippen LogP contribution is -2.51. The molecule has 1 saturated heterocycles. The number of epoxide rings is 1. The number of benzene rings is 4. The van der Waals surface area contributed by atoms with Crippen LogP contribution in [-0.2, 0) is 30.3 Å². The minimum Gasteiger partial charge on any atom is -0.507 e. The van der Waals surface area contributed by atoms with Gasteiger partial charge in [0, 0.05) is 40.9 Å². The second-order valence-electron chi connectivity index (χ2n) is 14.1. The third kappa shape index (κ3) is 10.6. The number of phenolic OH excluding ortho intramolecular Hbond substituents is 2. The SMILES string of the molecule is CC(c1ccc(O)c(-c2cc(CC(NC(=O)CNC=O)C(=O)NCC(=O)C3CO3)ccc2O)c1)N(C)C(CNC(=O)c1ccc(-c2ccc(Cl)cc2)cc1)=C1CC1. The Labute approximate surface area is 335 Å². The van der Waals surface area contributed by atoms with Crippen LogP contribution in [0, 0.1) is 0 Å². The van der Waals surface area contributed by atoms with Crippen molar-refractivity contribution >= 4 is 41.5 Å². The fraction of sp³-hybridized carbons (Fsp3) is 0.279. The van der Waals surface area contributed by atoms with Gasteiger partial charge in [-0.05, 0) is 96.1 Å². The molecule has 2 fully saturated rings. The lowest BCUT2D eigenvalue weighted by Gasteiger charge is -2.31. The monoisotopic (exact) mass is 793 g/mol. The van der Waals surface area contributed by atoms with E-state index in [9.17, 15) is 34.2 Å². The van der Waals surface area contributed by atoms with Crippen molar-refractivity contribution in [2.75, 3.05) is 33.3 Å². The normalized spacial score (nSPS) is 15.1. The summed E-state index contributed by atoms with van der Waals surface area (Å²) in [6, 6.07) is 23.4. The van der Waals surface area contributed by atoms with E-state index in [-0.39, 0.29) is 48.7 Å². The number of carbonyl (C=O) groups excluding carboxylic acids is 5. The predicted molar refractivity (Wildman–Crippen MR) is 214 cm³/mol. The van der Waals surface area contributed by atoms with Crippen LogP contribution >= 0.6 is 11.6 Å². The number of ketones is 1. The Bertz CT molecular complexity index is 2180. The maximum Gasteiger partial charge on any atom is 0.251 e. The zero-order valence-corrected chi connectivity index (χ0v) is 32.3. The molecule has 13 nitrogen and oxygen atoms in total. The number of halogens is 1. The number of hydrogen-bond acceptors (Lipinski definition) is 9. The van der Waals surface area contributed by atoms with Crippen molar-refractivity contribution < 1.29 is 38.9 Å². The highest BCUT2D eigenvalue weighted by Gasteiger charge is 2.32. The summed E-state index contributed by atoms with van der Waals surface area (Å²) in [6.07, 6.45) is 1.64. The van der Waals surface area contributed by atoms with Gasteiger partial charge < -0.3 is 41.1 Å². The van der Waals surface area contributed by atoms with Crippen LogP contribution in [0.15, 0.2) is 96.2 Å². The van der Waals surface area contributed by atoms with E-state index in [2.05, 4.69) is 26.2 Å². The minimum absolute atomic E-state index is 0.0329. The second kappa shape index (κ2) is 18.2. The number of ether oxygens (including phenoxy) is 1. The number of carbonyl (C=O) groups is 5. The molecule has 2 aliphatic rings. The minimum atomic E-state index is -1.13. The fourth-order valence-electron chi connectivity index (χ4n) is 6.46. The van der Waals surface area contributed by atoms with E-state index in [4.69, 9.17) is 16.3 Å². The number of allylic oxidation sites excluding steroid dienone is 1. The van der Waals surface area contributed by atoms with Gasteiger partial charge in [0.1, 0.15) is 23.6 Å². The van der Waals surface area contributed by atoms with Crippen molar-refractivity contribution in [3.8, 4) is 33.8 Å². The zero-order chi connectivity index (χ0) is 40.6. The van der Waals surface area contributed by atoms with Crippen molar-refractivity contribution in [1.82, 2.24) is 26.2 Å². The first-order valence-corrected chi connectivity index (χ1v) is 18.9. The van der Waals surface area contributed by atoms with Crippen LogP contribution in [0.4, 0.5) is 0 Å². The summed E-state index contributed by atoms with van der Waals surface area (Å²) in [7, 11) is 1.96. The van der Waals surface area contributed by atoms with Gasteiger partial charge in [-0.2, -0.15) is 0 Å². The van der Waals surface area contributed by atoms with E-state index < -0.39 is 24.0 Å². The molecule has 1 heterocycles. The lowest BCUT2D eigenvalue weighted by molar-refractivity contribution is -0.130. The number of aromatic hydroxyl groups is 2. The third-order valence-electron chi connectivity index (χ3n) is 10.1. The van der Waals surface area contributed by atoms with Crippen molar-refractivity contribution in [2.24, 2.45) is 0 Å². The first-order valence-electron chi connectivity index (χ1n) is 18.5. The zero-order valence-electron chi connectivity index (χ0n) is 31.5. The number of rotatable bonds is 18. The van der Waals surface area contributed by atoms with Crippen LogP contribution in [-0.4, -0.2) is 90.5 Å². The van der Waals surface area contributed by atoms with Gasteiger partial charge in [0.2, 0.25) is 18.2 Å². The molecule has 57 heavy (non-hydrogen) atoms. The average molecular weight is 794 g/mol. The molecule has 4 aromatic carbocycles. The number of nitrogens with zero attached hydrogens (tertiary/aromatic N) is 1. The van der Waals surface area contributed by atoms with Crippen molar-refractivity contribution in [3.05, 3.63) is 118 Å². The molecule has 6 N–H and O–H groups in total. The maximum absolute atomic E-state index is 13.2. The smallest absolute Gasteiger partial charge is 0.251 e. The summed E-state index contributed by atoms with van der Waals surface area (Å²) in [5, 5.41) is 33.1. The molecule has 296 valence electrons. The molecule has 1 aliphatic heterocycles. The van der Waals surface area contributed by atoms with Gasteiger partial charge in [-0.1, -0.05) is 48.0 Å². The Morgan fingerprint density at radius 1 is 0.860 bits per heavy atom. The van der Waals surface area contributed by atoms with Gasteiger partial charge in [0.05, 0.1) is 32.3 Å². The Hall–Kier alpha value is -6.18. The van der Waals surface area contributed by atoms with Crippen molar-refractivity contribution in [1.29, 1.82) is 0 Å². The first-order chi connectivity index (χ1) is 27.4. The summed E-state index contributed by atoms with van der Waals surface area (Å²) >= 11 is 6.03. The van der Waals surface area contributed by atoms with E-state index in [1.807, 2.05) is 50.4 Å². The molecule has 0 bridgehead atoms. The molecule has 0 aromatic heterocycles. The van der Waals surface area contributed by atoms with Gasteiger partial charge in [0.25, 0.3) is 5.91 Å². The molecular formula is C43H44ClN5O8. The Morgan fingerprint density at radius 2 is 1.49 bits per heavy atom. The highest BCUT2D eigenvalue weighted by Crippen LogP contribution is 2.40. The average Bonchev–Trinajstić information content (AvgIpc) is 4.15. The van der Waals surface area contributed by atoms with Crippen LogP contribution in [0.1, 0.15) is 47.3 Å². The molecule has 14 heteroatoms. The van der Waals surface area contributed by atoms with E-state index in [1.54, 1.807) is 42.5 Å². The van der Waals surface area contributed by atoms with Gasteiger partial charge in [-0.15, -0.1) is 0 Å². The largest absolute Gasteiger partial charge is 0.507 e. The molecule has 3 unspecified atom stereocenters. The highest BCUT2D eigenvalue weighted by atomic mass is 35.5. The molecule has 6 rings (SSSR count). The molecule has 1 saturated carbocycles. The van der Waals surface area contributed by atoms with Crippen LogP contribution < -0.4 is 21.3 Å². The molecule has 3 atom stereocenters. The summed E-state index contributed by atoms with van der Waals surface area (Å²) < 4.78 is 4.98. The van der Waals surface area contributed by atoms with Gasteiger partial charge in [-0.25, -0.2) is 0 Å². The number of amides is 4. The second-order valence-corrected chi connectivity index (χ2v) is 14.5. The van der Waals surface area contributed by atoms with Gasteiger partial charge >= 0.3 is 0 Å². The Balaban J connectivity index is 1.15. The van der Waals surface area contributed by atoms with E-state index in [0.717, 1.165) is 35.2 Å². The quantitative estimate of drug-likeness (QED) is 0.0626. The summed E-state index contributed by atoms with van der Waals surface area (Å²) in [5.74, 6) is -1.93. The fourth-order valence-corrected chi connectivity index (χ4v) is 6.58. The molecule has 4 aromatic rings. The predicted octanol–water partition coefficient (Wildman–Crippen LogP) is 4.41.